The Bertz CT molecular complexity index is 804. The van der Waals surface area contributed by atoms with E-state index in [1.54, 1.807) is 13.1 Å². The number of nitrogens with one attached hydrogen (secondary N) is 2. The Morgan fingerprint density at radius 1 is 1.28 bits per heavy atom. The van der Waals surface area contributed by atoms with Crippen LogP contribution in [-0.2, 0) is 4.74 Å². The van der Waals surface area contributed by atoms with E-state index in [9.17, 15) is 4.39 Å². The molecule has 1 heterocycles. The molecule has 158 valence electrons. The lowest BCUT2D eigenvalue weighted by molar-refractivity contribution is 0.0915. The van der Waals surface area contributed by atoms with Crippen LogP contribution in [0.4, 0.5) is 4.39 Å². The molecule has 1 aliphatic rings. The molecule has 0 amide bonds. The third kappa shape index (κ3) is 6.05. The van der Waals surface area contributed by atoms with Crippen molar-refractivity contribution in [2.75, 3.05) is 27.3 Å². The molecule has 1 aliphatic heterocycles. The Balaban J connectivity index is 0.00000300. The zero-order chi connectivity index (χ0) is 19.9. The average molecular weight is 513 g/mol. The van der Waals surface area contributed by atoms with Crippen LogP contribution < -0.4 is 15.4 Å². The van der Waals surface area contributed by atoms with Gasteiger partial charge in [0.05, 0.1) is 19.3 Å². The number of rotatable bonds is 6. The van der Waals surface area contributed by atoms with E-state index >= 15 is 0 Å². The largest absolute Gasteiger partial charge is 0.494 e. The van der Waals surface area contributed by atoms with Crippen LogP contribution in [-0.4, -0.2) is 33.3 Å². The number of hydrogen-bond donors (Lipinski definition) is 2. The van der Waals surface area contributed by atoms with Gasteiger partial charge in [0.25, 0.3) is 0 Å². The summed E-state index contributed by atoms with van der Waals surface area (Å²) in [5, 5.41) is 6.71. The van der Waals surface area contributed by atoms with Crippen LogP contribution in [0.25, 0.3) is 0 Å². The maximum Gasteiger partial charge on any atom is 0.191 e. The summed E-state index contributed by atoms with van der Waals surface area (Å²) in [4.78, 5) is 4.30. The van der Waals surface area contributed by atoms with E-state index in [-0.39, 0.29) is 47.7 Å². The van der Waals surface area contributed by atoms with Crippen molar-refractivity contribution in [1.29, 1.82) is 0 Å². The molecular formula is C22H29FIN3O2. The van der Waals surface area contributed by atoms with Gasteiger partial charge >= 0.3 is 0 Å². The lowest BCUT2D eigenvalue weighted by Gasteiger charge is -2.23. The SMILES string of the molecule is CN=C(NCC1CCOC1c1ccccc1)NC(C)c1ccc(OC)c(F)c1.I. The zero-order valence-electron chi connectivity index (χ0n) is 17.0. The van der Waals surface area contributed by atoms with Crippen LogP contribution in [0.2, 0.25) is 0 Å². The molecule has 0 aromatic heterocycles. The summed E-state index contributed by atoms with van der Waals surface area (Å²) in [6.45, 7) is 3.49. The van der Waals surface area contributed by atoms with Crippen molar-refractivity contribution in [2.24, 2.45) is 10.9 Å². The predicted octanol–water partition coefficient (Wildman–Crippen LogP) is 4.46. The molecule has 3 atom stereocenters. The first kappa shape index (κ1) is 23.4. The molecule has 2 aromatic rings. The standard InChI is InChI=1S/C22H28FN3O2.HI/c1-15(17-9-10-20(27-3)19(23)13-17)26-22(24-2)25-14-18-11-12-28-21(18)16-7-5-4-6-8-16;/h4-10,13,15,18,21H,11-12,14H2,1-3H3,(H2,24,25,26);1H. The van der Waals surface area contributed by atoms with Crippen molar-refractivity contribution in [1.82, 2.24) is 10.6 Å². The van der Waals surface area contributed by atoms with Gasteiger partial charge in [-0.2, -0.15) is 0 Å². The Morgan fingerprint density at radius 2 is 2.03 bits per heavy atom. The second-order valence-electron chi connectivity index (χ2n) is 6.96. The van der Waals surface area contributed by atoms with Crippen molar-refractivity contribution in [3.8, 4) is 5.75 Å². The molecule has 2 aromatic carbocycles. The maximum atomic E-state index is 14.0. The highest BCUT2D eigenvalue weighted by Gasteiger charge is 2.29. The number of benzene rings is 2. The molecule has 0 spiro atoms. The topological polar surface area (TPSA) is 54.9 Å². The molecule has 1 fully saturated rings. The monoisotopic (exact) mass is 513 g/mol. The zero-order valence-corrected chi connectivity index (χ0v) is 19.4. The molecular weight excluding hydrogens is 484 g/mol. The van der Waals surface area contributed by atoms with Gasteiger partial charge in [0, 0.05) is 26.1 Å². The summed E-state index contributed by atoms with van der Waals surface area (Å²) in [5.41, 5.74) is 2.03. The first-order valence-electron chi connectivity index (χ1n) is 9.59. The number of hydrogen-bond acceptors (Lipinski definition) is 3. The first-order valence-corrected chi connectivity index (χ1v) is 9.59. The molecule has 29 heavy (non-hydrogen) atoms. The second kappa shape index (κ2) is 11.3. The van der Waals surface area contributed by atoms with Gasteiger partial charge < -0.3 is 20.1 Å². The lowest BCUT2D eigenvalue weighted by atomic mass is 9.95. The Hall–Kier alpha value is -1.87. The number of methoxy groups -OCH3 is 1. The molecule has 5 nitrogen and oxygen atoms in total. The number of halogens is 2. The highest BCUT2D eigenvalue weighted by Crippen LogP contribution is 2.33. The van der Waals surface area contributed by atoms with Gasteiger partial charge in [-0.3, -0.25) is 4.99 Å². The van der Waals surface area contributed by atoms with Crippen molar-refractivity contribution in [3.05, 3.63) is 65.5 Å². The van der Waals surface area contributed by atoms with Gasteiger partial charge in [0.2, 0.25) is 0 Å². The fourth-order valence-electron chi connectivity index (χ4n) is 3.52. The average Bonchev–Trinajstić information content (AvgIpc) is 3.20. The minimum absolute atomic E-state index is 0. The van der Waals surface area contributed by atoms with E-state index in [4.69, 9.17) is 9.47 Å². The van der Waals surface area contributed by atoms with E-state index in [1.807, 2.05) is 31.2 Å². The maximum absolute atomic E-state index is 14.0. The van der Waals surface area contributed by atoms with Gasteiger partial charge in [0.1, 0.15) is 0 Å². The molecule has 0 aliphatic carbocycles. The van der Waals surface area contributed by atoms with Crippen LogP contribution in [0.3, 0.4) is 0 Å². The summed E-state index contributed by atoms with van der Waals surface area (Å²) >= 11 is 0. The fraction of sp³-hybridized carbons (Fsp3) is 0.409. The third-order valence-corrected chi connectivity index (χ3v) is 5.13. The normalized spacial score (nSPS) is 19.9. The Morgan fingerprint density at radius 3 is 2.69 bits per heavy atom. The van der Waals surface area contributed by atoms with E-state index in [2.05, 4.69) is 27.8 Å². The summed E-state index contributed by atoms with van der Waals surface area (Å²) in [6, 6.07) is 15.2. The molecule has 0 bridgehead atoms. The lowest BCUT2D eigenvalue weighted by Crippen LogP contribution is -2.41. The van der Waals surface area contributed by atoms with Gasteiger partial charge in [-0.05, 0) is 36.6 Å². The smallest absolute Gasteiger partial charge is 0.191 e. The summed E-state index contributed by atoms with van der Waals surface area (Å²) < 4.78 is 24.9. The van der Waals surface area contributed by atoms with Gasteiger partial charge in [0.15, 0.2) is 17.5 Å². The van der Waals surface area contributed by atoms with Crippen LogP contribution in [0.5, 0.6) is 5.75 Å². The van der Waals surface area contributed by atoms with Crippen molar-refractivity contribution >= 4 is 29.9 Å². The van der Waals surface area contributed by atoms with Crippen LogP contribution in [0, 0.1) is 11.7 Å². The van der Waals surface area contributed by atoms with Crippen molar-refractivity contribution < 1.29 is 13.9 Å². The van der Waals surface area contributed by atoms with Crippen LogP contribution in [0.15, 0.2) is 53.5 Å². The fourth-order valence-corrected chi connectivity index (χ4v) is 3.52. The molecule has 1 saturated heterocycles. The molecule has 3 unspecified atom stereocenters. The quantitative estimate of drug-likeness (QED) is 0.341. The van der Waals surface area contributed by atoms with Crippen molar-refractivity contribution in [2.45, 2.75) is 25.5 Å². The Labute approximate surface area is 189 Å². The van der Waals surface area contributed by atoms with E-state index in [0.717, 1.165) is 25.1 Å². The Kier molecular flexibility index (Phi) is 9.16. The number of guanidine groups is 1. The summed E-state index contributed by atoms with van der Waals surface area (Å²) in [7, 11) is 3.19. The summed E-state index contributed by atoms with van der Waals surface area (Å²) in [5.74, 6) is 0.925. The molecule has 3 rings (SSSR count). The molecule has 7 heteroatoms. The van der Waals surface area contributed by atoms with E-state index in [0.29, 0.717) is 11.9 Å². The number of ether oxygens (including phenoxy) is 2. The molecule has 2 N–H and O–H groups in total. The first-order chi connectivity index (χ1) is 13.6. The van der Waals surface area contributed by atoms with Gasteiger partial charge in [-0.25, -0.2) is 4.39 Å². The molecule has 0 saturated carbocycles. The number of nitrogens with zero attached hydrogens (tertiary/aromatic N) is 1. The molecule has 0 radical (unpaired) electrons. The number of aliphatic imine (C=N–C) groups is 1. The van der Waals surface area contributed by atoms with Gasteiger partial charge in [-0.15, -0.1) is 24.0 Å². The summed E-state index contributed by atoms with van der Waals surface area (Å²) in [6.07, 6.45) is 1.10. The second-order valence-corrected chi connectivity index (χ2v) is 6.96. The predicted molar refractivity (Wildman–Crippen MR) is 125 cm³/mol. The highest BCUT2D eigenvalue weighted by atomic mass is 127. The van der Waals surface area contributed by atoms with Crippen LogP contribution in [0.1, 0.15) is 36.6 Å². The third-order valence-electron chi connectivity index (χ3n) is 5.13. The van der Waals surface area contributed by atoms with Gasteiger partial charge in [-0.1, -0.05) is 36.4 Å². The van der Waals surface area contributed by atoms with Crippen molar-refractivity contribution in [3.63, 3.8) is 0 Å². The highest BCUT2D eigenvalue weighted by molar-refractivity contribution is 14.0. The minimum Gasteiger partial charge on any atom is -0.494 e. The van der Waals surface area contributed by atoms with Crippen LogP contribution >= 0.6 is 24.0 Å². The van der Waals surface area contributed by atoms with E-state index in [1.165, 1.54) is 18.7 Å². The minimum atomic E-state index is -0.370. The van der Waals surface area contributed by atoms with E-state index < -0.39 is 0 Å².